The number of para-hydroxylation sites is 1. The van der Waals surface area contributed by atoms with Gasteiger partial charge in [0.2, 0.25) is 5.91 Å². The highest BCUT2D eigenvalue weighted by Gasteiger charge is 2.06. The summed E-state index contributed by atoms with van der Waals surface area (Å²) in [6, 6.07) is 14.3. The number of rotatable bonds is 5. The van der Waals surface area contributed by atoms with Crippen LogP contribution in [0.3, 0.4) is 0 Å². The van der Waals surface area contributed by atoms with E-state index in [0.29, 0.717) is 16.5 Å². The molecule has 2 N–H and O–H groups in total. The van der Waals surface area contributed by atoms with E-state index in [0.717, 1.165) is 5.56 Å². The minimum absolute atomic E-state index is 0.0989. The van der Waals surface area contributed by atoms with Crippen molar-refractivity contribution in [2.75, 3.05) is 5.75 Å². The normalized spacial score (nSPS) is 10.2. The number of hydrogen-bond donors (Lipinski definition) is 2. The number of aromatic hydroxyl groups is 1. The molecule has 0 unspecified atom stereocenters. The first-order chi connectivity index (χ1) is 9.66. The highest BCUT2D eigenvalue weighted by molar-refractivity contribution is 8.00. The van der Waals surface area contributed by atoms with Gasteiger partial charge < -0.3 is 10.4 Å². The molecular formula is C15H14ClNO2S. The van der Waals surface area contributed by atoms with Gasteiger partial charge >= 0.3 is 0 Å². The molecule has 2 aromatic carbocycles. The fourth-order valence-electron chi connectivity index (χ4n) is 1.61. The monoisotopic (exact) mass is 307 g/mol. The van der Waals surface area contributed by atoms with Crippen LogP contribution in [0.15, 0.2) is 53.4 Å². The van der Waals surface area contributed by atoms with E-state index in [-0.39, 0.29) is 17.4 Å². The molecule has 0 saturated heterocycles. The number of benzene rings is 2. The van der Waals surface area contributed by atoms with E-state index in [1.807, 2.05) is 24.3 Å². The Kier molecular flexibility index (Phi) is 5.32. The van der Waals surface area contributed by atoms with Gasteiger partial charge in [-0.25, -0.2) is 0 Å². The van der Waals surface area contributed by atoms with Crippen LogP contribution in [-0.4, -0.2) is 16.8 Å². The fraction of sp³-hybridized carbons (Fsp3) is 0.133. The molecule has 104 valence electrons. The standard InChI is InChI=1S/C15H14ClNO2S/c16-12-6-2-1-5-11(12)9-17-15(19)10-20-14-8-4-3-7-13(14)18/h1-8,18H,9-10H2,(H,17,19). The highest BCUT2D eigenvalue weighted by atomic mass is 35.5. The van der Waals surface area contributed by atoms with E-state index in [9.17, 15) is 9.90 Å². The van der Waals surface area contributed by atoms with Crippen LogP contribution >= 0.6 is 23.4 Å². The Balaban J connectivity index is 1.82. The van der Waals surface area contributed by atoms with Crippen molar-refractivity contribution in [1.82, 2.24) is 5.32 Å². The lowest BCUT2D eigenvalue weighted by atomic mass is 10.2. The largest absolute Gasteiger partial charge is 0.507 e. The van der Waals surface area contributed by atoms with Gasteiger partial charge in [-0.1, -0.05) is 41.9 Å². The van der Waals surface area contributed by atoms with Crippen molar-refractivity contribution in [3.63, 3.8) is 0 Å². The van der Waals surface area contributed by atoms with Gasteiger partial charge in [0.1, 0.15) is 5.75 Å². The van der Waals surface area contributed by atoms with Crippen molar-refractivity contribution in [3.8, 4) is 5.75 Å². The van der Waals surface area contributed by atoms with Gasteiger partial charge in [-0.05, 0) is 23.8 Å². The summed E-state index contributed by atoms with van der Waals surface area (Å²) in [6.45, 7) is 0.403. The summed E-state index contributed by atoms with van der Waals surface area (Å²) in [7, 11) is 0. The molecule has 0 fully saturated rings. The fourth-order valence-corrected chi connectivity index (χ4v) is 2.59. The lowest BCUT2D eigenvalue weighted by molar-refractivity contribution is -0.118. The summed E-state index contributed by atoms with van der Waals surface area (Å²) in [5.74, 6) is 0.344. The molecule has 0 radical (unpaired) electrons. The first-order valence-corrected chi connectivity index (χ1v) is 7.44. The van der Waals surface area contributed by atoms with Gasteiger partial charge in [0.05, 0.1) is 5.75 Å². The summed E-state index contributed by atoms with van der Waals surface area (Å²) in [5, 5.41) is 13.0. The van der Waals surface area contributed by atoms with E-state index in [2.05, 4.69) is 5.32 Å². The Morgan fingerprint density at radius 3 is 2.60 bits per heavy atom. The van der Waals surface area contributed by atoms with E-state index in [1.54, 1.807) is 24.3 Å². The molecule has 0 spiro atoms. The second kappa shape index (κ2) is 7.22. The number of phenolic OH excluding ortho intramolecular Hbond substituents is 1. The molecule has 0 bridgehead atoms. The summed E-state index contributed by atoms with van der Waals surface area (Å²) in [6.07, 6.45) is 0. The molecule has 3 nitrogen and oxygen atoms in total. The van der Waals surface area contributed by atoms with E-state index in [1.165, 1.54) is 11.8 Å². The average molecular weight is 308 g/mol. The summed E-state index contributed by atoms with van der Waals surface area (Å²) >= 11 is 7.31. The quantitative estimate of drug-likeness (QED) is 0.832. The second-order valence-electron chi connectivity index (χ2n) is 4.12. The molecule has 0 atom stereocenters. The second-order valence-corrected chi connectivity index (χ2v) is 5.55. The predicted octanol–water partition coefficient (Wildman–Crippen LogP) is 3.45. The van der Waals surface area contributed by atoms with Crippen LogP contribution in [-0.2, 0) is 11.3 Å². The lowest BCUT2D eigenvalue weighted by Crippen LogP contribution is -2.24. The van der Waals surface area contributed by atoms with Crippen molar-refractivity contribution in [2.24, 2.45) is 0 Å². The van der Waals surface area contributed by atoms with Gasteiger partial charge in [0.25, 0.3) is 0 Å². The Labute approximate surface area is 127 Å². The van der Waals surface area contributed by atoms with E-state index < -0.39 is 0 Å². The summed E-state index contributed by atoms with van der Waals surface area (Å²) in [5.41, 5.74) is 0.884. The number of carbonyl (C=O) groups is 1. The summed E-state index contributed by atoms with van der Waals surface area (Å²) in [4.78, 5) is 12.5. The van der Waals surface area contributed by atoms with Gasteiger partial charge in [0, 0.05) is 16.5 Å². The van der Waals surface area contributed by atoms with Crippen LogP contribution in [0.2, 0.25) is 5.02 Å². The van der Waals surface area contributed by atoms with Crippen molar-refractivity contribution in [3.05, 3.63) is 59.1 Å². The minimum Gasteiger partial charge on any atom is -0.507 e. The number of phenols is 1. The van der Waals surface area contributed by atoms with Crippen molar-refractivity contribution < 1.29 is 9.90 Å². The maximum absolute atomic E-state index is 11.8. The maximum Gasteiger partial charge on any atom is 0.230 e. The van der Waals surface area contributed by atoms with Crippen LogP contribution in [0.4, 0.5) is 0 Å². The molecule has 5 heteroatoms. The van der Waals surface area contributed by atoms with Crippen molar-refractivity contribution in [2.45, 2.75) is 11.4 Å². The zero-order valence-electron chi connectivity index (χ0n) is 10.7. The number of carbonyl (C=O) groups excluding carboxylic acids is 1. The zero-order valence-corrected chi connectivity index (χ0v) is 12.2. The number of nitrogens with one attached hydrogen (secondary N) is 1. The Morgan fingerprint density at radius 2 is 1.85 bits per heavy atom. The Bertz CT molecular complexity index is 552. The highest BCUT2D eigenvalue weighted by Crippen LogP contribution is 2.27. The lowest BCUT2D eigenvalue weighted by Gasteiger charge is -2.07. The van der Waals surface area contributed by atoms with Gasteiger partial charge in [-0.15, -0.1) is 11.8 Å². The SMILES string of the molecule is O=C(CSc1ccccc1O)NCc1ccccc1Cl. The molecule has 0 saturated carbocycles. The van der Waals surface area contributed by atoms with Crippen molar-refractivity contribution in [1.29, 1.82) is 0 Å². The van der Waals surface area contributed by atoms with Gasteiger partial charge in [-0.3, -0.25) is 4.79 Å². The van der Waals surface area contributed by atoms with Gasteiger partial charge in [0.15, 0.2) is 0 Å². The molecule has 2 rings (SSSR count). The van der Waals surface area contributed by atoms with Crippen LogP contribution in [0.1, 0.15) is 5.56 Å². The third-order valence-corrected chi connectivity index (χ3v) is 4.09. The molecule has 2 aromatic rings. The van der Waals surface area contributed by atoms with Crippen molar-refractivity contribution >= 4 is 29.3 Å². The van der Waals surface area contributed by atoms with Crippen LogP contribution in [0, 0.1) is 0 Å². The number of halogens is 1. The number of hydrogen-bond acceptors (Lipinski definition) is 3. The molecule has 0 aliphatic rings. The zero-order chi connectivity index (χ0) is 14.4. The minimum atomic E-state index is -0.0989. The van der Waals surface area contributed by atoms with Crippen LogP contribution in [0.5, 0.6) is 5.75 Å². The molecule has 0 heterocycles. The third-order valence-electron chi connectivity index (χ3n) is 2.66. The van der Waals surface area contributed by atoms with Crippen LogP contribution < -0.4 is 5.32 Å². The average Bonchev–Trinajstić information content (AvgIpc) is 2.45. The first-order valence-electron chi connectivity index (χ1n) is 6.07. The maximum atomic E-state index is 11.8. The number of amides is 1. The molecular weight excluding hydrogens is 294 g/mol. The first kappa shape index (κ1) is 14.8. The smallest absolute Gasteiger partial charge is 0.230 e. The topological polar surface area (TPSA) is 49.3 Å². The Morgan fingerprint density at radius 1 is 1.15 bits per heavy atom. The summed E-state index contributed by atoms with van der Waals surface area (Å²) < 4.78 is 0. The molecule has 0 aromatic heterocycles. The Hall–Kier alpha value is -1.65. The number of thioether (sulfide) groups is 1. The molecule has 0 aliphatic heterocycles. The van der Waals surface area contributed by atoms with Gasteiger partial charge in [-0.2, -0.15) is 0 Å². The predicted molar refractivity (Wildman–Crippen MR) is 82.1 cm³/mol. The molecule has 20 heavy (non-hydrogen) atoms. The van der Waals surface area contributed by atoms with E-state index >= 15 is 0 Å². The molecule has 0 aliphatic carbocycles. The van der Waals surface area contributed by atoms with E-state index in [4.69, 9.17) is 11.6 Å². The third kappa shape index (κ3) is 4.18. The van der Waals surface area contributed by atoms with Crippen LogP contribution in [0.25, 0.3) is 0 Å². The molecule has 1 amide bonds.